The van der Waals surface area contributed by atoms with E-state index in [2.05, 4.69) is 5.32 Å². The van der Waals surface area contributed by atoms with Gasteiger partial charge in [0.1, 0.15) is 0 Å². The number of amides is 1. The Morgan fingerprint density at radius 3 is 2.75 bits per heavy atom. The Morgan fingerprint density at radius 1 is 1.40 bits per heavy atom. The zero-order chi connectivity index (χ0) is 14.7. The molecule has 106 valence electrons. The number of hydrogen-bond acceptors (Lipinski definition) is 3. The van der Waals surface area contributed by atoms with Crippen LogP contribution >= 0.6 is 22.9 Å². The van der Waals surface area contributed by atoms with Gasteiger partial charge in [-0.05, 0) is 31.0 Å². The zero-order valence-corrected chi connectivity index (χ0v) is 12.8. The van der Waals surface area contributed by atoms with Crippen LogP contribution in [0.1, 0.15) is 29.1 Å². The normalized spacial score (nSPS) is 10.6. The minimum absolute atomic E-state index is 0.0852. The summed E-state index contributed by atoms with van der Waals surface area (Å²) >= 11 is 7.32. The van der Waals surface area contributed by atoms with Crippen LogP contribution in [0.2, 0.25) is 4.34 Å². The van der Waals surface area contributed by atoms with E-state index in [1.54, 1.807) is 18.3 Å². The predicted octanol–water partition coefficient (Wildman–Crippen LogP) is 3.40. The van der Waals surface area contributed by atoms with Crippen LogP contribution in [0, 0.1) is 0 Å². The van der Waals surface area contributed by atoms with E-state index in [0.29, 0.717) is 21.4 Å². The molecule has 2 heterocycles. The van der Waals surface area contributed by atoms with Crippen LogP contribution in [0.3, 0.4) is 0 Å². The molecule has 0 aliphatic rings. The van der Waals surface area contributed by atoms with Crippen LogP contribution in [-0.4, -0.2) is 10.5 Å². The molecule has 2 aromatic rings. The summed E-state index contributed by atoms with van der Waals surface area (Å²) in [6.07, 6.45) is 2.43. The molecule has 2 rings (SSSR count). The Bertz CT molecular complexity index is 691. The molecule has 0 saturated carbocycles. The largest absolute Gasteiger partial charge is 0.320 e. The SMILES string of the molecule is CCc1cc(C(=O)Nc2ccc(=O)n(CC)c2)sc1Cl. The first kappa shape index (κ1) is 14.8. The maximum atomic E-state index is 12.1. The quantitative estimate of drug-likeness (QED) is 0.941. The minimum Gasteiger partial charge on any atom is -0.320 e. The second-order valence-electron chi connectivity index (χ2n) is 4.26. The van der Waals surface area contributed by atoms with Crippen LogP contribution in [-0.2, 0) is 13.0 Å². The first-order valence-corrected chi connectivity index (χ1v) is 7.54. The maximum absolute atomic E-state index is 12.1. The molecule has 4 nitrogen and oxygen atoms in total. The number of carbonyl (C=O) groups excluding carboxylic acids is 1. The smallest absolute Gasteiger partial charge is 0.265 e. The van der Waals surface area contributed by atoms with Crippen LogP contribution in [0.25, 0.3) is 0 Å². The van der Waals surface area contributed by atoms with E-state index in [1.807, 2.05) is 13.8 Å². The van der Waals surface area contributed by atoms with E-state index in [0.717, 1.165) is 12.0 Å². The van der Waals surface area contributed by atoms with Gasteiger partial charge in [0.25, 0.3) is 11.5 Å². The number of thiophene rings is 1. The van der Waals surface area contributed by atoms with Crippen LogP contribution < -0.4 is 10.9 Å². The summed E-state index contributed by atoms with van der Waals surface area (Å²) < 4.78 is 2.19. The third-order valence-electron chi connectivity index (χ3n) is 2.94. The van der Waals surface area contributed by atoms with Crippen molar-refractivity contribution >= 4 is 34.5 Å². The average molecular weight is 311 g/mol. The second kappa shape index (κ2) is 6.24. The highest BCUT2D eigenvalue weighted by atomic mass is 35.5. The van der Waals surface area contributed by atoms with Crippen molar-refractivity contribution < 1.29 is 4.79 Å². The summed E-state index contributed by atoms with van der Waals surface area (Å²) in [7, 11) is 0. The minimum atomic E-state index is -0.210. The van der Waals surface area contributed by atoms with Gasteiger partial charge in [-0.25, -0.2) is 0 Å². The van der Waals surface area contributed by atoms with Crippen molar-refractivity contribution in [2.45, 2.75) is 26.8 Å². The average Bonchev–Trinajstić information content (AvgIpc) is 2.82. The Hall–Kier alpha value is -1.59. The topological polar surface area (TPSA) is 51.1 Å². The Labute approximate surface area is 126 Å². The Kier molecular flexibility index (Phi) is 4.62. The number of halogens is 1. The van der Waals surface area contributed by atoms with E-state index in [9.17, 15) is 9.59 Å². The number of anilines is 1. The number of aromatic nitrogens is 1. The van der Waals surface area contributed by atoms with Gasteiger partial charge in [-0.15, -0.1) is 11.3 Å². The van der Waals surface area contributed by atoms with Crippen molar-refractivity contribution in [3.05, 3.63) is 49.5 Å². The number of aryl methyl sites for hydroxylation is 2. The van der Waals surface area contributed by atoms with Gasteiger partial charge in [0.15, 0.2) is 0 Å². The van der Waals surface area contributed by atoms with Gasteiger partial charge in [0.05, 0.1) is 14.9 Å². The van der Waals surface area contributed by atoms with Gasteiger partial charge in [0, 0.05) is 18.8 Å². The lowest BCUT2D eigenvalue weighted by Gasteiger charge is -2.06. The molecule has 0 aliphatic heterocycles. The van der Waals surface area contributed by atoms with E-state index >= 15 is 0 Å². The molecule has 1 amide bonds. The van der Waals surface area contributed by atoms with E-state index in [1.165, 1.54) is 22.0 Å². The second-order valence-corrected chi connectivity index (χ2v) is 5.91. The third-order valence-corrected chi connectivity index (χ3v) is 4.38. The van der Waals surface area contributed by atoms with Gasteiger partial charge in [-0.2, -0.15) is 0 Å². The molecule has 0 radical (unpaired) electrons. The van der Waals surface area contributed by atoms with Gasteiger partial charge >= 0.3 is 0 Å². The molecule has 0 atom stereocenters. The molecule has 0 unspecified atom stereocenters. The van der Waals surface area contributed by atoms with Crippen molar-refractivity contribution in [3.8, 4) is 0 Å². The van der Waals surface area contributed by atoms with Gasteiger partial charge in [-0.1, -0.05) is 18.5 Å². The number of nitrogens with zero attached hydrogens (tertiary/aromatic N) is 1. The number of hydrogen-bond donors (Lipinski definition) is 1. The summed E-state index contributed by atoms with van der Waals surface area (Å²) in [4.78, 5) is 24.2. The molecular formula is C14H15ClN2O2S. The molecule has 20 heavy (non-hydrogen) atoms. The Balaban J connectivity index is 2.20. The molecule has 6 heteroatoms. The molecule has 0 aliphatic carbocycles. The number of carbonyl (C=O) groups is 1. The molecule has 0 bridgehead atoms. The van der Waals surface area contributed by atoms with Gasteiger partial charge in [0.2, 0.25) is 0 Å². The Morgan fingerprint density at radius 2 is 2.15 bits per heavy atom. The predicted molar refractivity (Wildman–Crippen MR) is 83.0 cm³/mol. The molecule has 1 N–H and O–H groups in total. The summed E-state index contributed by atoms with van der Waals surface area (Å²) in [6, 6.07) is 4.85. The van der Waals surface area contributed by atoms with Crippen molar-refractivity contribution in [1.82, 2.24) is 4.57 Å². The number of rotatable bonds is 4. The maximum Gasteiger partial charge on any atom is 0.265 e. The highest BCUT2D eigenvalue weighted by molar-refractivity contribution is 7.18. The first-order chi connectivity index (χ1) is 9.55. The van der Waals surface area contributed by atoms with E-state index < -0.39 is 0 Å². The fourth-order valence-corrected chi connectivity index (χ4v) is 3.11. The van der Waals surface area contributed by atoms with Crippen LogP contribution in [0.4, 0.5) is 5.69 Å². The lowest BCUT2D eigenvalue weighted by Crippen LogP contribution is -2.19. The fraction of sp³-hybridized carbons (Fsp3) is 0.286. The van der Waals surface area contributed by atoms with Crippen molar-refractivity contribution in [2.24, 2.45) is 0 Å². The monoisotopic (exact) mass is 310 g/mol. The zero-order valence-electron chi connectivity index (χ0n) is 11.3. The van der Waals surface area contributed by atoms with Crippen molar-refractivity contribution in [2.75, 3.05) is 5.32 Å². The lowest BCUT2D eigenvalue weighted by molar-refractivity contribution is 0.103. The summed E-state index contributed by atoms with van der Waals surface area (Å²) in [5.74, 6) is -0.210. The number of nitrogens with one attached hydrogen (secondary N) is 1. The summed E-state index contributed by atoms with van der Waals surface area (Å²) in [5, 5.41) is 2.78. The summed E-state index contributed by atoms with van der Waals surface area (Å²) in [5.41, 5.74) is 1.48. The van der Waals surface area contributed by atoms with Gasteiger partial charge < -0.3 is 9.88 Å². The highest BCUT2D eigenvalue weighted by Gasteiger charge is 2.13. The number of pyridine rings is 1. The molecule has 2 aromatic heterocycles. The van der Waals surface area contributed by atoms with Crippen LogP contribution in [0.5, 0.6) is 0 Å². The molecular weight excluding hydrogens is 296 g/mol. The van der Waals surface area contributed by atoms with Crippen LogP contribution in [0.15, 0.2) is 29.2 Å². The third kappa shape index (κ3) is 3.11. The van der Waals surface area contributed by atoms with Crippen molar-refractivity contribution in [3.63, 3.8) is 0 Å². The van der Waals surface area contributed by atoms with E-state index in [-0.39, 0.29) is 11.5 Å². The molecule has 0 saturated heterocycles. The first-order valence-electron chi connectivity index (χ1n) is 6.35. The molecule has 0 fully saturated rings. The lowest BCUT2D eigenvalue weighted by atomic mass is 10.2. The fourth-order valence-electron chi connectivity index (χ4n) is 1.80. The molecule has 0 aromatic carbocycles. The van der Waals surface area contributed by atoms with Crippen molar-refractivity contribution in [1.29, 1.82) is 0 Å². The van der Waals surface area contributed by atoms with Gasteiger partial charge in [-0.3, -0.25) is 9.59 Å². The summed E-state index contributed by atoms with van der Waals surface area (Å²) in [6.45, 7) is 4.43. The molecule has 0 spiro atoms. The van der Waals surface area contributed by atoms with E-state index in [4.69, 9.17) is 11.6 Å². The highest BCUT2D eigenvalue weighted by Crippen LogP contribution is 2.28. The standard InChI is InChI=1S/C14H15ClN2O2S/c1-3-9-7-11(20-13(9)15)14(19)16-10-5-6-12(18)17(4-2)8-10/h5-8H,3-4H2,1-2H3,(H,16,19).